The van der Waals surface area contributed by atoms with Crippen molar-refractivity contribution in [2.75, 3.05) is 32.9 Å². The third-order valence-corrected chi connectivity index (χ3v) is 7.22. The zero-order valence-electron chi connectivity index (χ0n) is 18.7. The Morgan fingerprint density at radius 2 is 1.67 bits per heavy atom. The topological polar surface area (TPSA) is 70.1 Å². The van der Waals surface area contributed by atoms with E-state index in [-0.39, 0.29) is 48.9 Å². The fourth-order valence-corrected chi connectivity index (χ4v) is 5.46. The fourth-order valence-electron chi connectivity index (χ4n) is 5.46. The molecule has 0 aliphatic carbocycles. The van der Waals surface area contributed by atoms with Crippen LogP contribution in [0, 0.1) is 5.92 Å². The minimum atomic E-state index is -0.228. The maximum absolute atomic E-state index is 13.0. The number of aliphatic hydroxyl groups excluding tert-OH is 1. The van der Waals surface area contributed by atoms with Crippen LogP contribution in [0.4, 0.5) is 0 Å². The van der Waals surface area contributed by atoms with Gasteiger partial charge in [0.2, 0.25) is 11.8 Å². The summed E-state index contributed by atoms with van der Waals surface area (Å²) < 4.78 is 5.38. The molecule has 3 aliphatic heterocycles. The number of amides is 2. The van der Waals surface area contributed by atoms with Gasteiger partial charge in [-0.1, -0.05) is 66.7 Å². The van der Waals surface area contributed by atoms with E-state index in [0.717, 1.165) is 29.5 Å². The van der Waals surface area contributed by atoms with Gasteiger partial charge in [-0.2, -0.15) is 0 Å². The highest BCUT2D eigenvalue weighted by Gasteiger charge is 2.54. The maximum Gasteiger partial charge on any atom is 0.242 e. The molecule has 5 rings (SSSR count). The van der Waals surface area contributed by atoms with Crippen molar-refractivity contribution in [1.82, 2.24) is 9.80 Å². The number of hydrogen-bond donors (Lipinski definition) is 1. The molecule has 0 unspecified atom stereocenters. The predicted octanol–water partition coefficient (Wildman–Crippen LogP) is 2.78. The zero-order chi connectivity index (χ0) is 22.8. The summed E-state index contributed by atoms with van der Waals surface area (Å²) in [6.45, 7) is 1.77. The summed E-state index contributed by atoms with van der Waals surface area (Å²) >= 11 is 0. The van der Waals surface area contributed by atoms with Crippen LogP contribution in [-0.4, -0.2) is 71.7 Å². The van der Waals surface area contributed by atoms with Gasteiger partial charge in [-0.05, 0) is 29.5 Å². The van der Waals surface area contributed by atoms with Crippen molar-refractivity contribution in [2.24, 2.45) is 5.92 Å². The van der Waals surface area contributed by atoms with Crippen molar-refractivity contribution in [3.05, 3.63) is 71.3 Å². The number of benzene rings is 2. The van der Waals surface area contributed by atoms with E-state index < -0.39 is 0 Å². The van der Waals surface area contributed by atoms with Crippen molar-refractivity contribution >= 4 is 24.0 Å². The van der Waals surface area contributed by atoms with Crippen molar-refractivity contribution < 1.29 is 19.4 Å². The number of carbonyl (C=O) groups excluding carboxylic acids is 2. The molecule has 2 aromatic carbocycles. The Labute approximate surface area is 194 Å². The van der Waals surface area contributed by atoms with E-state index in [1.54, 1.807) is 9.80 Å². The first-order valence-electron chi connectivity index (χ1n) is 11.8. The van der Waals surface area contributed by atoms with E-state index in [9.17, 15) is 14.7 Å². The Morgan fingerprint density at radius 1 is 1.00 bits per heavy atom. The summed E-state index contributed by atoms with van der Waals surface area (Å²) in [4.78, 5) is 29.4. The van der Waals surface area contributed by atoms with Gasteiger partial charge in [0, 0.05) is 31.6 Å². The molecule has 2 aromatic rings. The second kappa shape index (κ2) is 9.49. The highest BCUT2D eigenvalue weighted by atomic mass is 16.5. The van der Waals surface area contributed by atoms with Crippen molar-refractivity contribution in [2.45, 2.75) is 30.8 Å². The molecule has 6 heteroatoms. The van der Waals surface area contributed by atoms with E-state index >= 15 is 0 Å². The largest absolute Gasteiger partial charge is 0.394 e. The molecule has 0 spiro atoms. The minimum Gasteiger partial charge on any atom is -0.394 e. The lowest BCUT2D eigenvalue weighted by molar-refractivity contribution is -0.169. The van der Waals surface area contributed by atoms with E-state index in [2.05, 4.69) is 48.6 Å². The standard InChI is InChI=1S/C27H30N2O4/c30-18-24-26(21-10-8-20(9-11-21)7-6-19-4-2-1-3-5-19)23-16-28(17-25(31)29(23)24)27(32)22-12-14-33-15-13-22/h1-11,22-24,26,30H,12-18H2/b7-6+/t23-,24+,26-/m0/s1. The summed E-state index contributed by atoms with van der Waals surface area (Å²) in [6, 6.07) is 18.1. The van der Waals surface area contributed by atoms with Crippen LogP contribution in [0.15, 0.2) is 54.6 Å². The fraction of sp³-hybridized carbons (Fsp3) is 0.407. The summed E-state index contributed by atoms with van der Waals surface area (Å²) in [5.41, 5.74) is 3.34. The number of hydrogen-bond acceptors (Lipinski definition) is 4. The Hall–Kier alpha value is -2.96. The first-order valence-corrected chi connectivity index (χ1v) is 11.8. The maximum atomic E-state index is 13.0. The quantitative estimate of drug-likeness (QED) is 0.717. The lowest BCUT2D eigenvalue weighted by Gasteiger charge is -2.59. The highest BCUT2D eigenvalue weighted by molar-refractivity contribution is 5.88. The van der Waals surface area contributed by atoms with Crippen LogP contribution in [0.1, 0.15) is 35.4 Å². The molecule has 0 aromatic heterocycles. The number of nitrogens with zero attached hydrogens (tertiary/aromatic N) is 2. The smallest absolute Gasteiger partial charge is 0.242 e. The highest BCUT2D eigenvalue weighted by Crippen LogP contribution is 2.43. The van der Waals surface area contributed by atoms with Gasteiger partial charge < -0.3 is 19.6 Å². The Balaban J connectivity index is 1.30. The van der Waals surface area contributed by atoms with Gasteiger partial charge in [0.15, 0.2) is 0 Å². The van der Waals surface area contributed by atoms with Crippen LogP contribution < -0.4 is 0 Å². The second-order valence-corrected chi connectivity index (χ2v) is 9.16. The third kappa shape index (κ3) is 4.33. The van der Waals surface area contributed by atoms with Crippen LogP contribution in [-0.2, 0) is 14.3 Å². The summed E-state index contributed by atoms with van der Waals surface area (Å²) in [5, 5.41) is 10.0. The number of rotatable bonds is 5. The van der Waals surface area contributed by atoms with Gasteiger partial charge in [-0.15, -0.1) is 0 Å². The zero-order valence-corrected chi connectivity index (χ0v) is 18.7. The monoisotopic (exact) mass is 446 g/mol. The first-order chi connectivity index (χ1) is 16.2. The molecule has 172 valence electrons. The van der Waals surface area contributed by atoms with Crippen LogP contribution >= 0.6 is 0 Å². The number of aliphatic hydroxyl groups is 1. The number of carbonyl (C=O) groups is 2. The summed E-state index contributed by atoms with van der Waals surface area (Å²) in [5.74, 6) is -0.0272. The molecule has 3 atom stereocenters. The molecule has 3 saturated heterocycles. The van der Waals surface area contributed by atoms with Crippen LogP contribution in [0.5, 0.6) is 0 Å². The van der Waals surface area contributed by atoms with Crippen molar-refractivity contribution in [3.8, 4) is 0 Å². The van der Waals surface area contributed by atoms with E-state index in [1.165, 1.54) is 0 Å². The van der Waals surface area contributed by atoms with Gasteiger partial charge in [0.25, 0.3) is 0 Å². The van der Waals surface area contributed by atoms with Crippen LogP contribution in [0.3, 0.4) is 0 Å². The van der Waals surface area contributed by atoms with E-state index in [0.29, 0.717) is 19.8 Å². The normalized spacial score (nSPS) is 25.7. The van der Waals surface area contributed by atoms with Gasteiger partial charge in [-0.3, -0.25) is 9.59 Å². The predicted molar refractivity (Wildman–Crippen MR) is 126 cm³/mol. The Kier molecular flexibility index (Phi) is 6.29. The molecule has 0 bridgehead atoms. The molecule has 1 N–H and O–H groups in total. The van der Waals surface area contributed by atoms with Crippen LogP contribution in [0.2, 0.25) is 0 Å². The molecular weight excluding hydrogens is 416 g/mol. The molecule has 3 aliphatic rings. The number of piperazine rings is 1. The lowest BCUT2D eigenvalue weighted by Crippen LogP contribution is -2.73. The van der Waals surface area contributed by atoms with E-state index in [1.807, 2.05) is 18.2 Å². The minimum absolute atomic E-state index is 0.0244. The SMILES string of the molecule is O=C(C1CCOCC1)N1CC(=O)N2[C@H](CO)[C@@H](c3ccc(/C=C/c4ccccc4)cc3)[C@@H]2C1. The van der Waals surface area contributed by atoms with E-state index in [4.69, 9.17) is 4.74 Å². The lowest BCUT2D eigenvalue weighted by atomic mass is 9.73. The van der Waals surface area contributed by atoms with Gasteiger partial charge in [0.05, 0.1) is 25.2 Å². The molecule has 3 heterocycles. The molecule has 6 nitrogen and oxygen atoms in total. The molecular formula is C27H30N2O4. The molecule has 2 amide bonds. The van der Waals surface area contributed by atoms with Gasteiger partial charge in [0.1, 0.15) is 0 Å². The van der Waals surface area contributed by atoms with Crippen molar-refractivity contribution in [1.29, 1.82) is 0 Å². The average molecular weight is 447 g/mol. The molecule has 0 radical (unpaired) electrons. The Morgan fingerprint density at radius 3 is 2.33 bits per heavy atom. The van der Waals surface area contributed by atoms with Gasteiger partial charge in [-0.25, -0.2) is 0 Å². The molecule has 3 fully saturated rings. The third-order valence-electron chi connectivity index (χ3n) is 7.22. The average Bonchev–Trinajstić information content (AvgIpc) is 2.85. The number of ether oxygens (including phenoxy) is 1. The second-order valence-electron chi connectivity index (χ2n) is 9.16. The first kappa shape index (κ1) is 21.9. The number of fused-ring (bicyclic) bond motifs is 1. The molecule has 33 heavy (non-hydrogen) atoms. The summed E-state index contributed by atoms with van der Waals surface area (Å²) in [7, 11) is 0. The molecule has 0 saturated carbocycles. The van der Waals surface area contributed by atoms with Crippen LogP contribution in [0.25, 0.3) is 12.2 Å². The Bertz CT molecular complexity index is 1010. The van der Waals surface area contributed by atoms with Gasteiger partial charge >= 0.3 is 0 Å². The van der Waals surface area contributed by atoms with Crippen molar-refractivity contribution in [3.63, 3.8) is 0 Å². The summed E-state index contributed by atoms with van der Waals surface area (Å²) in [6.07, 6.45) is 5.60.